The molecule has 1 unspecified atom stereocenters. The fraction of sp³-hybridized carbons (Fsp3) is 0.583. The van der Waals surface area contributed by atoms with Crippen LogP contribution in [0.5, 0.6) is 0 Å². The Labute approximate surface area is 122 Å². The monoisotopic (exact) mass is 319 g/mol. The molecule has 0 radical (unpaired) electrons. The van der Waals surface area contributed by atoms with Crippen LogP contribution in [0, 0.1) is 0 Å². The Balaban J connectivity index is 2.35. The summed E-state index contributed by atoms with van der Waals surface area (Å²) in [5, 5.41) is 10.5. The van der Waals surface area contributed by atoms with Crippen molar-refractivity contribution >= 4 is 27.3 Å². The second-order valence-corrected chi connectivity index (χ2v) is 7.84. The molecule has 2 heterocycles. The van der Waals surface area contributed by atoms with Gasteiger partial charge in [-0.05, 0) is 31.2 Å². The minimum absolute atomic E-state index is 0.129. The minimum Gasteiger partial charge on any atom is -0.477 e. The Hall–Kier alpha value is -0.960. The molecule has 0 amide bonds. The lowest BCUT2D eigenvalue weighted by Gasteiger charge is -2.38. The molecular formula is C12H17NO5S2. The summed E-state index contributed by atoms with van der Waals surface area (Å²) in [6.45, 7) is 2.48. The maximum atomic E-state index is 12.6. The number of thiophene rings is 1. The zero-order valence-corrected chi connectivity index (χ0v) is 13.0. The topological polar surface area (TPSA) is 83.9 Å². The third-order valence-electron chi connectivity index (χ3n) is 3.56. The van der Waals surface area contributed by atoms with Gasteiger partial charge in [-0.1, -0.05) is 0 Å². The molecule has 2 rings (SSSR count). The fourth-order valence-corrected chi connectivity index (χ4v) is 5.15. The summed E-state index contributed by atoms with van der Waals surface area (Å²) in [7, 11) is -2.23. The maximum Gasteiger partial charge on any atom is 0.347 e. The van der Waals surface area contributed by atoms with Crippen molar-refractivity contribution in [3.63, 3.8) is 0 Å². The van der Waals surface area contributed by atoms with Crippen LogP contribution in [0.25, 0.3) is 0 Å². The minimum atomic E-state index is -3.79. The molecule has 1 atom stereocenters. The normalized spacial score (nSPS) is 24.7. The number of carboxylic acids is 1. The molecule has 8 heteroatoms. The van der Waals surface area contributed by atoms with Crippen molar-refractivity contribution in [2.75, 3.05) is 20.2 Å². The Morgan fingerprint density at radius 2 is 2.25 bits per heavy atom. The zero-order chi connectivity index (χ0) is 15.0. The Morgan fingerprint density at radius 1 is 1.55 bits per heavy atom. The molecule has 0 aromatic carbocycles. The van der Waals surface area contributed by atoms with Gasteiger partial charge in [0.1, 0.15) is 9.77 Å². The van der Waals surface area contributed by atoms with Gasteiger partial charge in [0.05, 0.1) is 5.60 Å². The van der Waals surface area contributed by atoms with E-state index < -0.39 is 21.6 Å². The SMILES string of the molecule is COC1(C)CCCN(S(=O)(=O)c2ccsc2C(=O)O)C1. The first-order valence-electron chi connectivity index (χ1n) is 6.16. The van der Waals surface area contributed by atoms with Crippen LogP contribution in [-0.4, -0.2) is 49.6 Å². The van der Waals surface area contributed by atoms with Crippen molar-refractivity contribution in [3.8, 4) is 0 Å². The van der Waals surface area contributed by atoms with E-state index in [4.69, 9.17) is 9.84 Å². The second-order valence-electron chi connectivity index (χ2n) is 5.02. The summed E-state index contributed by atoms with van der Waals surface area (Å²) >= 11 is 0.918. The third-order valence-corrected chi connectivity index (χ3v) is 6.48. The lowest BCUT2D eigenvalue weighted by molar-refractivity contribution is -0.0319. The lowest BCUT2D eigenvalue weighted by Crippen LogP contribution is -2.49. The van der Waals surface area contributed by atoms with Gasteiger partial charge in [0.2, 0.25) is 10.0 Å². The van der Waals surface area contributed by atoms with E-state index >= 15 is 0 Å². The summed E-state index contributed by atoms with van der Waals surface area (Å²) < 4.78 is 31.9. The number of nitrogens with zero attached hydrogens (tertiary/aromatic N) is 1. The Kier molecular flexibility index (Phi) is 4.19. The molecule has 1 aromatic rings. The highest BCUT2D eigenvalue weighted by molar-refractivity contribution is 7.89. The van der Waals surface area contributed by atoms with Crippen molar-refractivity contribution in [1.82, 2.24) is 4.31 Å². The fourth-order valence-electron chi connectivity index (χ4n) is 2.33. The number of carboxylic acid groups (broad SMARTS) is 1. The Morgan fingerprint density at radius 3 is 2.85 bits per heavy atom. The van der Waals surface area contributed by atoms with Crippen LogP contribution >= 0.6 is 11.3 Å². The number of aromatic carboxylic acids is 1. The molecule has 1 aliphatic heterocycles. The highest BCUT2D eigenvalue weighted by atomic mass is 32.2. The smallest absolute Gasteiger partial charge is 0.347 e. The zero-order valence-electron chi connectivity index (χ0n) is 11.3. The van der Waals surface area contributed by atoms with Gasteiger partial charge in [-0.3, -0.25) is 0 Å². The molecule has 6 nitrogen and oxygen atoms in total. The molecule has 112 valence electrons. The summed E-state index contributed by atoms with van der Waals surface area (Å²) in [5.41, 5.74) is -0.523. The van der Waals surface area contributed by atoms with Crippen LogP contribution in [0.1, 0.15) is 29.4 Å². The molecule has 1 fully saturated rings. The number of hydrogen-bond donors (Lipinski definition) is 1. The van der Waals surface area contributed by atoms with E-state index in [0.29, 0.717) is 13.0 Å². The average molecular weight is 319 g/mol. The van der Waals surface area contributed by atoms with E-state index in [1.807, 2.05) is 6.92 Å². The molecular weight excluding hydrogens is 302 g/mol. The molecule has 0 bridgehead atoms. The largest absolute Gasteiger partial charge is 0.477 e. The first-order chi connectivity index (χ1) is 9.30. The molecule has 1 saturated heterocycles. The number of methoxy groups -OCH3 is 1. The van der Waals surface area contributed by atoms with Gasteiger partial charge in [0.15, 0.2) is 0 Å². The van der Waals surface area contributed by atoms with Crippen LogP contribution in [0.4, 0.5) is 0 Å². The van der Waals surface area contributed by atoms with E-state index in [9.17, 15) is 13.2 Å². The second kappa shape index (κ2) is 5.44. The highest BCUT2D eigenvalue weighted by Crippen LogP contribution is 2.31. The maximum absolute atomic E-state index is 12.6. The van der Waals surface area contributed by atoms with Gasteiger partial charge in [-0.15, -0.1) is 11.3 Å². The predicted molar refractivity (Wildman–Crippen MR) is 74.7 cm³/mol. The average Bonchev–Trinajstić information content (AvgIpc) is 2.89. The Bertz CT molecular complexity index is 609. The van der Waals surface area contributed by atoms with E-state index in [1.165, 1.54) is 15.8 Å². The van der Waals surface area contributed by atoms with E-state index in [1.54, 1.807) is 7.11 Å². The van der Waals surface area contributed by atoms with Crippen molar-refractivity contribution in [3.05, 3.63) is 16.3 Å². The molecule has 0 spiro atoms. The van der Waals surface area contributed by atoms with Crippen LogP contribution in [0.3, 0.4) is 0 Å². The van der Waals surface area contributed by atoms with E-state index in [2.05, 4.69) is 0 Å². The molecule has 1 N–H and O–H groups in total. The summed E-state index contributed by atoms with van der Waals surface area (Å²) in [6, 6.07) is 1.35. The molecule has 0 aliphatic carbocycles. The number of rotatable bonds is 4. The molecule has 0 saturated carbocycles. The number of ether oxygens (including phenoxy) is 1. The first kappa shape index (κ1) is 15.4. The van der Waals surface area contributed by atoms with Crippen LogP contribution < -0.4 is 0 Å². The molecule has 20 heavy (non-hydrogen) atoms. The molecule has 1 aliphatic rings. The highest BCUT2D eigenvalue weighted by Gasteiger charge is 2.38. The first-order valence-corrected chi connectivity index (χ1v) is 8.48. The lowest BCUT2D eigenvalue weighted by atomic mass is 9.96. The van der Waals surface area contributed by atoms with Crippen LogP contribution in [0.2, 0.25) is 0 Å². The van der Waals surface area contributed by atoms with Gasteiger partial charge >= 0.3 is 5.97 Å². The van der Waals surface area contributed by atoms with Crippen LogP contribution in [0.15, 0.2) is 16.3 Å². The van der Waals surface area contributed by atoms with Crippen molar-refractivity contribution in [2.45, 2.75) is 30.3 Å². The quantitative estimate of drug-likeness (QED) is 0.912. The number of piperidine rings is 1. The number of sulfonamides is 1. The van der Waals surface area contributed by atoms with Gasteiger partial charge in [0.25, 0.3) is 0 Å². The standard InChI is InChI=1S/C12H17NO5S2/c1-12(18-2)5-3-6-13(8-12)20(16,17)9-4-7-19-10(9)11(14)15/h4,7H,3,5-6,8H2,1-2H3,(H,14,15). The summed E-state index contributed by atoms with van der Waals surface area (Å²) in [4.78, 5) is 10.8. The summed E-state index contributed by atoms with van der Waals surface area (Å²) in [5.74, 6) is -1.22. The van der Waals surface area contributed by atoms with Gasteiger partial charge in [-0.2, -0.15) is 4.31 Å². The van der Waals surface area contributed by atoms with Crippen molar-refractivity contribution in [2.24, 2.45) is 0 Å². The predicted octanol–water partition coefficient (Wildman–Crippen LogP) is 1.64. The van der Waals surface area contributed by atoms with E-state index in [-0.39, 0.29) is 16.3 Å². The van der Waals surface area contributed by atoms with Crippen molar-refractivity contribution < 1.29 is 23.1 Å². The number of carbonyl (C=O) groups is 1. The molecule has 1 aromatic heterocycles. The van der Waals surface area contributed by atoms with Crippen LogP contribution in [-0.2, 0) is 14.8 Å². The van der Waals surface area contributed by atoms with Gasteiger partial charge < -0.3 is 9.84 Å². The number of hydrogen-bond acceptors (Lipinski definition) is 5. The van der Waals surface area contributed by atoms with Gasteiger partial charge in [0, 0.05) is 20.2 Å². The van der Waals surface area contributed by atoms with Crippen molar-refractivity contribution in [1.29, 1.82) is 0 Å². The van der Waals surface area contributed by atoms with Gasteiger partial charge in [-0.25, -0.2) is 13.2 Å². The summed E-state index contributed by atoms with van der Waals surface area (Å²) in [6.07, 6.45) is 1.47. The van der Waals surface area contributed by atoms with E-state index in [0.717, 1.165) is 17.8 Å². The third kappa shape index (κ3) is 2.73.